The predicted molar refractivity (Wildman–Crippen MR) is 87.2 cm³/mol. The molecule has 1 N–H and O–H groups in total. The Morgan fingerprint density at radius 2 is 2.05 bits per heavy atom. The Labute approximate surface area is 130 Å². The van der Waals surface area contributed by atoms with Crippen molar-refractivity contribution in [2.24, 2.45) is 0 Å². The number of aryl methyl sites for hydroxylation is 2. The van der Waals surface area contributed by atoms with E-state index in [0.717, 1.165) is 28.2 Å². The summed E-state index contributed by atoms with van der Waals surface area (Å²) in [6, 6.07) is 8.30. The highest BCUT2D eigenvalue weighted by Gasteiger charge is 2.11. The molecule has 0 saturated heterocycles. The molecular formula is C15H16BrN3S. The van der Waals surface area contributed by atoms with Gasteiger partial charge in [0.05, 0.1) is 11.4 Å². The highest BCUT2D eigenvalue weighted by Crippen LogP contribution is 2.21. The molecule has 0 fully saturated rings. The molecule has 3 rings (SSSR count). The number of thiazole rings is 1. The normalized spacial score (nSPS) is 11.3. The molecule has 20 heavy (non-hydrogen) atoms. The second-order valence-corrected chi connectivity index (χ2v) is 6.52. The number of imidazole rings is 1. The smallest absolute Gasteiger partial charge is 0.194 e. The van der Waals surface area contributed by atoms with Crippen molar-refractivity contribution in [1.29, 1.82) is 0 Å². The van der Waals surface area contributed by atoms with Gasteiger partial charge in [-0.15, -0.1) is 11.3 Å². The lowest BCUT2D eigenvalue weighted by molar-refractivity contribution is 0.669. The molecule has 104 valence electrons. The molecule has 0 spiro atoms. The maximum Gasteiger partial charge on any atom is 0.194 e. The maximum atomic E-state index is 4.61. The van der Waals surface area contributed by atoms with E-state index in [1.54, 1.807) is 11.3 Å². The standard InChI is InChI=1S/C15H16BrN3S/c1-10-9-20-15-18-11(2)14(19(10)15)8-17-7-12-5-3-4-6-13(12)16/h3-6,9,17H,7-8H2,1-2H3. The molecule has 2 aromatic heterocycles. The lowest BCUT2D eigenvalue weighted by atomic mass is 10.2. The molecule has 0 saturated carbocycles. The number of fused-ring (bicyclic) bond motifs is 1. The number of nitrogens with one attached hydrogen (secondary N) is 1. The van der Waals surface area contributed by atoms with E-state index in [1.807, 2.05) is 6.07 Å². The number of benzene rings is 1. The zero-order valence-corrected chi connectivity index (χ0v) is 13.9. The first-order valence-electron chi connectivity index (χ1n) is 6.53. The van der Waals surface area contributed by atoms with Crippen LogP contribution in [0.3, 0.4) is 0 Å². The zero-order chi connectivity index (χ0) is 14.1. The van der Waals surface area contributed by atoms with Crippen molar-refractivity contribution >= 4 is 32.2 Å². The molecule has 5 heteroatoms. The lowest BCUT2D eigenvalue weighted by Crippen LogP contribution is -2.15. The van der Waals surface area contributed by atoms with E-state index < -0.39 is 0 Å². The van der Waals surface area contributed by atoms with Crippen LogP contribution < -0.4 is 5.32 Å². The van der Waals surface area contributed by atoms with Gasteiger partial charge in [0.25, 0.3) is 0 Å². The Morgan fingerprint density at radius 1 is 1.25 bits per heavy atom. The Morgan fingerprint density at radius 3 is 2.85 bits per heavy atom. The zero-order valence-electron chi connectivity index (χ0n) is 11.5. The molecule has 0 aliphatic rings. The van der Waals surface area contributed by atoms with Crippen LogP contribution in [0.5, 0.6) is 0 Å². The van der Waals surface area contributed by atoms with E-state index in [1.165, 1.54) is 17.0 Å². The molecule has 0 aliphatic carbocycles. The molecule has 0 atom stereocenters. The molecule has 1 aromatic carbocycles. The predicted octanol–water partition coefficient (Wildman–Crippen LogP) is 4.06. The molecule has 0 amide bonds. The highest BCUT2D eigenvalue weighted by atomic mass is 79.9. The van der Waals surface area contributed by atoms with E-state index in [0.29, 0.717) is 0 Å². The van der Waals surface area contributed by atoms with Crippen molar-refractivity contribution < 1.29 is 0 Å². The van der Waals surface area contributed by atoms with Gasteiger partial charge in [-0.3, -0.25) is 4.40 Å². The third-order valence-corrected chi connectivity index (χ3v) is 5.11. The second-order valence-electron chi connectivity index (χ2n) is 4.83. The molecular weight excluding hydrogens is 334 g/mol. The van der Waals surface area contributed by atoms with Crippen molar-refractivity contribution in [3.05, 3.63) is 56.8 Å². The molecule has 2 heterocycles. The molecule has 0 radical (unpaired) electrons. The average molecular weight is 350 g/mol. The minimum Gasteiger partial charge on any atom is -0.307 e. The third kappa shape index (κ3) is 2.53. The Kier molecular flexibility index (Phi) is 3.92. The monoisotopic (exact) mass is 349 g/mol. The van der Waals surface area contributed by atoms with Gasteiger partial charge < -0.3 is 5.32 Å². The summed E-state index contributed by atoms with van der Waals surface area (Å²) in [4.78, 5) is 5.69. The minimum atomic E-state index is 0.825. The lowest BCUT2D eigenvalue weighted by Gasteiger charge is -2.07. The van der Waals surface area contributed by atoms with Gasteiger partial charge in [0, 0.05) is 28.6 Å². The summed E-state index contributed by atoms with van der Waals surface area (Å²) in [5.41, 5.74) is 4.89. The topological polar surface area (TPSA) is 29.3 Å². The largest absolute Gasteiger partial charge is 0.307 e. The van der Waals surface area contributed by atoms with Gasteiger partial charge >= 0.3 is 0 Å². The fourth-order valence-corrected chi connectivity index (χ4v) is 3.69. The molecule has 3 nitrogen and oxygen atoms in total. The quantitative estimate of drug-likeness (QED) is 0.769. The van der Waals surface area contributed by atoms with Crippen LogP contribution >= 0.6 is 27.3 Å². The number of rotatable bonds is 4. The van der Waals surface area contributed by atoms with Gasteiger partial charge in [0.15, 0.2) is 4.96 Å². The molecule has 0 bridgehead atoms. The second kappa shape index (κ2) is 5.68. The first-order valence-corrected chi connectivity index (χ1v) is 8.20. The average Bonchev–Trinajstić information content (AvgIpc) is 2.93. The summed E-state index contributed by atoms with van der Waals surface area (Å²) in [5.74, 6) is 0. The Bertz CT molecular complexity index is 745. The maximum absolute atomic E-state index is 4.61. The summed E-state index contributed by atoms with van der Waals surface area (Å²) in [6.45, 7) is 5.87. The number of hydrogen-bond donors (Lipinski definition) is 1. The summed E-state index contributed by atoms with van der Waals surface area (Å²) < 4.78 is 3.39. The summed E-state index contributed by atoms with van der Waals surface area (Å²) in [6.07, 6.45) is 0. The van der Waals surface area contributed by atoms with Crippen molar-refractivity contribution in [1.82, 2.24) is 14.7 Å². The van der Waals surface area contributed by atoms with Gasteiger partial charge in [0.1, 0.15) is 0 Å². The number of aromatic nitrogens is 2. The number of nitrogens with zero attached hydrogens (tertiary/aromatic N) is 2. The van der Waals surface area contributed by atoms with E-state index in [9.17, 15) is 0 Å². The van der Waals surface area contributed by atoms with Gasteiger partial charge in [-0.1, -0.05) is 34.1 Å². The van der Waals surface area contributed by atoms with Crippen LogP contribution in [0.4, 0.5) is 0 Å². The number of hydrogen-bond acceptors (Lipinski definition) is 3. The van der Waals surface area contributed by atoms with Gasteiger partial charge in [-0.25, -0.2) is 4.98 Å². The van der Waals surface area contributed by atoms with Crippen LogP contribution in [0.25, 0.3) is 4.96 Å². The fourth-order valence-electron chi connectivity index (χ4n) is 2.33. The molecule has 3 aromatic rings. The van der Waals surface area contributed by atoms with Crippen molar-refractivity contribution in [2.75, 3.05) is 0 Å². The number of halogens is 1. The summed E-state index contributed by atoms with van der Waals surface area (Å²) in [7, 11) is 0. The van der Waals surface area contributed by atoms with E-state index in [4.69, 9.17) is 0 Å². The van der Waals surface area contributed by atoms with Crippen LogP contribution in [-0.4, -0.2) is 9.38 Å². The van der Waals surface area contributed by atoms with E-state index in [-0.39, 0.29) is 0 Å². The van der Waals surface area contributed by atoms with Crippen LogP contribution in [-0.2, 0) is 13.1 Å². The van der Waals surface area contributed by atoms with Crippen LogP contribution in [0.1, 0.15) is 22.6 Å². The van der Waals surface area contributed by atoms with Crippen molar-refractivity contribution in [2.45, 2.75) is 26.9 Å². The summed E-state index contributed by atoms with van der Waals surface area (Å²) in [5, 5.41) is 5.66. The first-order chi connectivity index (χ1) is 9.66. The third-order valence-electron chi connectivity index (χ3n) is 3.40. The van der Waals surface area contributed by atoms with Crippen molar-refractivity contribution in [3.8, 4) is 0 Å². The van der Waals surface area contributed by atoms with Crippen LogP contribution in [0.15, 0.2) is 34.1 Å². The van der Waals surface area contributed by atoms with Gasteiger partial charge in [0.2, 0.25) is 0 Å². The Hall–Kier alpha value is -1.17. The summed E-state index contributed by atoms with van der Waals surface area (Å²) >= 11 is 5.28. The van der Waals surface area contributed by atoms with Crippen LogP contribution in [0.2, 0.25) is 0 Å². The van der Waals surface area contributed by atoms with Gasteiger partial charge in [-0.2, -0.15) is 0 Å². The fraction of sp³-hybridized carbons (Fsp3) is 0.267. The van der Waals surface area contributed by atoms with Crippen LogP contribution in [0, 0.1) is 13.8 Å². The highest BCUT2D eigenvalue weighted by molar-refractivity contribution is 9.10. The van der Waals surface area contributed by atoms with E-state index in [2.05, 4.69) is 68.1 Å². The van der Waals surface area contributed by atoms with Gasteiger partial charge in [-0.05, 0) is 25.5 Å². The molecule has 0 aliphatic heterocycles. The van der Waals surface area contributed by atoms with E-state index >= 15 is 0 Å². The Balaban J connectivity index is 1.76. The van der Waals surface area contributed by atoms with Crippen molar-refractivity contribution in [3.63, 3.8) is 0 Å². The minimum absolute atomic E-state index is 0.825. The first kappa shape index (κ1) is 13.8. The molecule has 0 unspecified atom stereocenters. The SMILES string of the molecule is Cc1nc2scc(C)n2c1CNCc1ccccc1Br.